The topological polar surface area (TPSA) is 126 Å². The maximum absolute atomic E-state index is 9.63. The maximum atomic E-state index is 9.63. The van der Waals surface area contributed by atoms with E-state index in [0.717, 1.165) is 0 Å². The first kappa shape index (κ1) is 17.1. The van der Waals surface area contributed by atoms with E-state index in [1.165, 1.54) is 14.2 Å². The standard InChI is InChI=1S/C9H19N3O6/c1-15-5-17-8(3-11-12-10)9(7(14)4-13)18-6-16-2/h7-9,13-14H,3-6H2,1-2H3/t7-,8+,9-/m1/s1. The summed E-state index contributed by atoms with van der Waals surface area (Å²) >= 11 is 0. The third-order valence-corrected chi connectivity index (χ3v) is 2.04. The number of hydrogen-bond donors (Lipinski definition) is 2. The summed E-state index contributed by atoms with van der Waals surface area (Å²) in [5.74, 6) is 0. The van der Waals surface area contributed by atoms with Crippen LogP contribution >= 0.6 is 0 Å². The molecule has 18 heavy (non-hydrogen) atoms. The Labute approximate surface area is 105 Å². The second kappa shape index (κ2) is 11.2. The molecule has 0 aliphatic rings. The number of aliphatic hydroxyl groups is 2. The zero-order valence-electron chi connectivity index (χ0n) is 10.4. The Kier molecular flexibility index (Phi) is 10.6. The number of aliphatic hydroxyl groups excluding tert-OH is 2. The van der Waals surface area contributed by atoms with Crippen molar-refractivity contribution in [3.05, 3.63) is 10.4 Å². The van der Waals surface area contributed by atoms with E-state index < -0.39 is 24.9 Å². The minimum Gasteiger partial charge on any atom is -0.394 e. The lowest BCUT2D eigenvalue weighted by Crippen LogP contribution is -2.45. The molecule has 0 unspecified atom stereocenters. The Bertz CT molecular complexity index is 248. The van der Waals surface area contributed by atoms with E-state index in [0.29, 0.717) is 0 Å². The van der Waals surface area contributed by atoms with Crippen molar-refractivity contribution in [2.24, 2.45) is 5.11 Å². The highest BCUT2D eigenvalue weighted by atomic mass is 16.7. The summed E-state index contributed by atoms with van der Waals surface area (Å²) in [4.78, 5) is 2.60. The average Bonchev–Trinajstić information content (AvgIpc) is 2.40. The van der Waals surface area contributed by atoms with Gasteiger partial charge in [0.05, 0.1) is 19.3 Å². The van der Waals surface area contributed by atoms with Crippen molar-refractivity contribution in [3.63, 3.8) is 0 Å². The fraction of sp³-hybridized carbons (Fsp3) is 1.00. The van der Waals surface area contributed by atoms with Crippen LogP contribution in [0.25, 0.3) is 10.4 Å². The van der Waals surface area contributed by atoms with Gasteiger partial charge in [0.25, 0.3) is 0 Å². The van der Waals surface area contributed by atoms with Gasteiger partial charge in [0.15, 0.2) is 0 Å². The molecule has 0 aliphatic heterocycles. The van der Waals surface area contributed by atoms with Crippen molar-refractivity contribution < 1.29 is 29.2 Å². The molecule has 0 fully saturated rings. The molecule has 0 aromatic carbocycles. The van der Waals surface area contributed by atoms with E-state index in [1.807, 2.05) is 0 Å². The lowest BCUT2D eigenvalue weighted by Gasteiger charge is -2.28. The summed E-state index contributed by atoms with van der Waals surface area (Å²) in [5.41, 5.74) is 8.29. The van der Waals surface area contributed by atoms with E-state index in [9.17, 15) is 5.11 Å². The van der Waals surface area contributed by atoms with Gasteiger partial charge in [-0.1, -0.05) is 5.11 Å². The van der Waals surface area contributed by atoms with Crippen LogP contribution in [0.4, 0.5) is 0 Å². The molecule has 0 radical (unpaired) electrons. The minimum atomic E-state index is -1.18. The van der Waals surface area contributed by atoms with Gasteiger partial charge in [-0.15, -0.1) is 0 Å². The highest BCUT2D eigenvalue weighted by molar-refractivity contribution is 4.79. The lowest BCUT2D eigenvalue weighted by molar-refractivity contribution is -0.187. The van der Waals surface area contributed by atoms with E-state index in [4.69, 9.17) is 29.6 Å². The molecule has 0 aromatic rings. The fourth-order valence-corrected chi connectivity index (χ4v) is 1.24. The molecule has 0 bridgehead atoms. The second-order valence-corrected chi connectivity index (χ2v) is 3.31. The van der Waals surface area contributed by atoms with Gasteiger partial charge in [-0.05, 0) is 5.53 Å². The number of rotatable bonds is 11. The Morgan fingerprint density at radius 1 is 1.22 bits per heavy atom. The molecule has 0 spiro atoms. The second-order valence-electron chi connectivity index (χ2n) is 3.31. The number of methoxy groups -OCH3 is 2. The molecular weight excluding hydrogens is 246 g/mol. The molecule has 0 aliphatic carbocycles. The van der Waals surface area contributed by atoms with Crippen molar-refractivity contribution in [2.45, 2.75) is 18.3 Å². The summed E-state index contributed by atoms with van der Waals surface area (Å²) in [6.07, 6.45) is -2.83. The zero-order valence-corrected chi connectivity index (χ0v) is 10.4. The molecule has 0 saturated carbocycles. The highest BCUT2D eigenvalue weighted by Gasteiger charge is 2.29. The van der Waals surface area contributed by atoms with Gasteiger partial charge in [0.2, 0.25) is 0 Å². The van der Waals surface area contributed by atoms with Crippen molar-refractivity contribution in [2.75, 3.05) is 41.0 Å². The van der Waals surface area contributed by atoms with Crippen LogP contribution in [0.5, 0.6) is 0 Å². The quantitative estimate of drug-likeness (QED) is 0.227. The van der Waals surface area contributed by atoms with Crippen molar-refractivity contribution in [3.8, 4) is 0 Å². The van der Waals surface area contributed by atoms with Crippen LogP contribution in [0, 0.1) is 0 Å². The van der Waals surface area contributed by atoms with E-state index in [2.05, 4.69) is 10.0 Å². The molecular formula is C9H19N3O6. The van der Waals surface area contributed by atoms with Crippen LogP contribution in [0.3, 0.4) is 0 Å². The van der Waals surface area contributed by atoms with Crippen molar-refractivity contribution in [1.29, 1.82) is 0 Å². The largest absolute Gasteiger partial charge is 0.394 e. The number of hydrogen-bond acceptors (Lipinski definition) is 7. The Balaban J connectivity index is 4.62. The van der Waals surface area contributed by atoms with Crippen molar-refractivity contribution >= 4 is 0 Å². The average molecular weight is 265 g/mol. The Morgan fingerprint density at radius 3 is 2.33 bits per heavy atom. The van der Waals surface area contributed by atoms with E-state index in [1.54, 1.807) is 0 Å². The van der Waals surface area contributed by atoms with Crippen LogP contribution < -0.4 is 0 Å². The zero-order chi connectivity index (χ0) is 13.8. The molecule has 0 saturated heterocycles. The Morgan fingerprint density at radius 2 is 1.83 bits per heavy atom. The van der Waals surface area contributed by atoms with Gasteiger partial charge in [0, 0.05) is 19.1 Å². The molecule has 3 atom stereocenters. The monoisotopic (exact) mass is 265 g/mol. The first-order chi connectivity index (χ1) is 8.71. The molecule has 9 heteroatoms. The van der Waals surface area contributed by atoms with Crippen LogP contribution in [-0.2, 0) is 18.9 Å². The van der Waals surface area contributed by atoms with Crippen LogP contribution in [0.15, 0.2) is 5.11 Å². The van der Waals surface area contributed by atoms with Gasteiger partial charge >= 0.3 is 0 Å². The number of azide groups is 1. The smallest absolute Gasteiger partial charge is 0.146 e. The van der Waals surface area contributed by atoms with Crippen molar-refractivity contribution in [1.82, 2.24) is 0 Å². The first-order valence-corrected chi connectivity index (χ1v) is 5.22. The van der Waals surface area contributed by atoms with Crippen LogP contribution in [0.2, 0.25) is 0 Å². The van der Waals surface area contributed by atoms with Gasteiger partial charge in [-0.3, -0.25) is 0 Å². The molecule has 0 heterocycles. The molecule has 106 valence electrons. The summed E-state index contributed by atoms with van der Waals surface area (Å²) < 4.78 is 19.9. The van der Waals surface area contributed by atoms with E-state index >= 15 is 0 Å². The molecule has 0 aromatic heterocycles. The number of nitrogens with zero attached hydrogens (tertiary/aromatic N) is 3. The molecule has 0 rings (SSSR count). The summed E-state index contributed by atoms with van der Waals surface area (Å²) in [6, 6.07) is 0. The maximum Gasteiger partial charge on any atom is 0.146 e. The molecule has 2 N–H and O–H groups in total. The summed E-state index contributed by atoms with van der Waals surface area (Å²) in [5, 5.41) is 21.9. The van der Waals surface area contributed by atoms with Gasteiger partial charge in [-0.25, -0.2) is 0 Å². The third-order valence-electron chi connectivity index (χ3n) is 2.04. The lowest BCUT2D eigenvalue weighted by atomic mass is 10.1. The fourth-order valence-electron chi connectivity index (χ4n) is 1.24. The van der Waals surface area contributed by atoms with Gasteiger partial charge in [-0.2, -0.15) is 0 Å². The van der Waals surface area contributed by atoms with Gasteiger partial charge < -0.3 is 29.2 Å². The predicted octanol–water partition coefficient (Wildman–Crippen LogP) is -0.372. The first-order valence-electron chi connectivity index (χ1n) is 5.22. The molecule has 0 amide bonds. The minimum absolute atomic E-state index is 0.0589. The predicted molar refractivity (Wildman–Crippen MR) is 60.6 cm³/mol. The van der Waals surface area contributed by atoms with E-state index in [-0.39, 0.29) is 20.1 Å². The number of ether oxygens (including phenoxy) is 4. The summed E-state index contributed by atoms with van der Waals surface area (Å²) in [6.45, 7) is -0.732. The molecule has 9 nitrogen and oxygen atoms in total. The third kappa shape index (κ3) is 6.72. The van der Waals surface area contributed by atoms with Crippen LogP contribution in [0.1, 0.15) is 0 Å². The normalized spacial score (nSPS) is 15.8. The van der Waals surface area contributed by atoms with Crippen LogP contribution in [-0.4, -0.2) is 69.5 Å². The SMILES string of the molecule is COCO[C@H]([C@H](O)CO)[C@H](CN=[N+]=[N-])OCOC. The summed E-state index contributed by atoms with van der Waals surface area (Å²) in [7, 11) is 2.85. The van der Waals surface area contributed by atoms with Gasteiger partial charge in [0.1, 0.15) is 25.8 Å². The highest BCUT2D eigenvalue weighted by Crippen LogP contribution is 2.11. The Hall–Kier alpha value is -0.930.